The first-order chi connectivity index (χ1) is 9.24. The summed E-state index contributed by atoms with van der Waals surface area (Å²) in [7, 11) is 0. The van der Waals surface area contributed by atoms with Gasteiger partial charge in [-0.25, -0.2) is 0 Å². The van der Waals surface area contributed by atoms with Crippen LogP contribution in [-0.2, 0) is 0 Å². The van der Waals surface area contributed by atoms with Gasteiger partial charge in [-0.2, -0.15) is 0 Å². The zero-order valence-corrected chi connectivity index (χ0v) is 12.9. The number of hydrogen-bond acceptors (Lipinski definition) is 2. The lowest BCUT2D eigenvalue weighted by Gasteiger charge is -2.45. The molecule has 4 unspecified atom stereocenters. The van der Waals surface area contributed by atoms with E-state index in [0.29, 0.717) is 0 Å². The molecule has 3 fully saturated rings. The number of nitrogens with zero attached hydrogens (tertiary/aromatic N) is 1. The monoisotopic (exact) mass is 264 g/mol. The minimum atomic E-state index is 0.833. The summed E-state index contributed by atoms with van der Waals surface area (Å²) >= 11 is 0. The van der Waals surface area contributed by atoms with E-state index in [-0.39, 0.29) is 0 Å². The van der Waals surface area contributed by atoms with Crippen molar-refractivity contribution in [3.8, 4) is 0 Å². The summed E-state index contributed by atoms with van der Waals surface area (Å²) in [5.74, 6) is 1.88. The molecule has 19 heavy (non-hydrogen) atoms. The molecule has 2 aliphatic carbocycles. The zero-order chi connectivity index (χ0) is 13.2. The summed E-state index contributed by atoms with van der Waals surface area (Å²) in [5.41, 5.74) is 0. The predicted octanol–water partition coefficient (Wildman–Crippen LogP) is 3.42. The van der Waals surface area contributed by atoms with Gasteiger partial charge in [0.25, 0.3) is 0 Å². The highest BCUT2D eigenvalue weighted by Gasteiger charge is 2.34. The van der Waals surface area contributed by atoms with Crippen molar-refractivity contribution in [1.29, 1.82) is 0 Å². The lowest BCUT2D eigenvalue weighted by Crippen LogP contribution is -2.52. The molecule has 0 radical (unpaired) electrons. The van der Waals surface area contributed by atoms with E-state index < -0.39 is 0 Å². The van der Waals surface area contributed by atoms with Gasteiger partial charge in [-0.1, -0.05) is 20.3 Å². The van der Waals surface area contributed by atoms with Crippen LogP contribution in [0.25, 0.3) is 0 Å². The maximum absolute atomic E-state index is 3.77. The van der Waals surface area contributed by atoms with Crippen LogP contribution in [0, 0.1) is 11.8 Å². The molecule has 0 aromatic carbocycles. The minimum absolute atomic E-state index is 0.833. The average molecular weight is 264 g/mol. The van der Waals surface area contributed by atoms with Crippen LogP contribution in [0.3, 0.4) is 0 Å². The van der Waals surface area contributed by atoms with E-state index in [9.17, 15) is 0 Å². The lowest BCUT2D eigenvalue weighted by molar-refractivity contribution is 0.0472. The Morgan fingerprint density at radius 3 is 2.53 bits per heavy atom. The van der Waals surface area contributed by atoms with E-state index in [1.807, 2.05) is 0 Å². The molecule has 1 aliphatic heterocycles. The molecule has 2 nitrogen and oxygen atoms in total. The highest BCUT2D eigenvalue weighted by atomic mass is 15.2. The third kappa shape index (κ3) is 3.52. The molecule has 3 rings (SSSR count). The van der Waals surface area contributed by atoms with E-state index in [1.54, 1.807) is 0 Å². The molecule has 0 aromatic rings. The number of likely N-dealkylation sites (tertiary alicyclic amines) is 1. The fourth-order valence-electron chi connectivity index (χ4n) is 4.13. The summed E-state index contributed by atoms with van der Waals surface area (Å²) in [4.78, 5) is 2.89. The second kappa shape index (κ2) is 6.13. The quantitative estimate of drug-likeness (QED) is 0.837. The van der Waals surface area contributed by atoms with E-state index >= 15 is 0 Å². The Balaban J connectivity index is 1.55. The van der Waals surface area contributed by atoms with Crippen molar-refractivity contribution in [2.45, 2.75) is 83.3 Å². The van der Waals surface area contributed by atoms with Gasteiger partial charge in [-0.3, -0.25) is 4.90 Å². The van der Waals surface area contributed by atoms with Crippen molar-refractivity contribution < 1.29 is 0 Å². The van der Waals surface area contributed by atoms with Crippen molar-refractivity contribution in [3.05, 3.63) is 0 Å². The molecule has 1 N–H and O–H groups in total. The maximum Gasteiger partial charge on any atom is 0.0223 e. The molecule has 1 heterocycles. The summed E-state index contributed by atoms with van der Waals surface area (Å²) in [6.45, 7) is 7.54. The zero-order valence-electron chi connectivity index (χ0n) is 12.9. The van der Waals surface area contributed by atoms with Crippen LogP contribution in [0.1, 0.15) is 65.2 Å². The van der Waals surface area contributed by atoms with Crippen LogP contribution in [-0.4, -0.2) is 36.1 Å². The molecule has 3 aliphatic rings. The molecule has 2 heteroatoms. The molecule has 2 saturated carbocycles. The normalized spacial score (nSPS) is 41.4. The first kappa shape index (κ1) is 13.9. The summed E-state index contributed by atoms with van der Waals surface area (Å²) in [6, 6.07) is 2.59. The molecule has 1 saturated heterocycles. The third-order valence-electron chi connectivity index (χ3n) is 5.93. The molecule has 0 amide bonds. The van der Waals surface area contributed by atoms with Crippen LogP contribution < -0.4 is 5.32 Å². The summed E-state index contributed by atoms with van der Waals surface area (Å²) in [5, 5.41) is 3.77. The SMILES string of the molecule is CC1CCC(N2CCCCC2CNC2CC2)CC1C. The number of rotatable bonds is 4. The van der Waals surface area contributed by atoms with Crippen molar-refractivity contribution in [3.63, 3.8) is 0 Å². The molecule has 0 aromatic heterocycles. The molecular weight excluding hydrogens is 232 g/mol. The molecule has 4 atom stereocenters. The van der Waals surface area contributed by atoms with E-state index in [2.05, 4.69) is 24.1 Å². The summed E-state index contributed by atoms with van der Waals surface area (Å²) in [6.07, 6.45) is 11.5. The van der Waals surface area contributed by atoms with Crippen molar-refractivity contribution in [2.24, 2.45) is 11.8 Å². The largest absolute Gasteiger partial charge is 0.312 e. The Morgan fingerprint density at radius 1 is 0.947 bits per heavy atom. The van der Waals surface area contributed by atoms with Gasteiger partial charge in [0.1, 0.15) is 0 Å². The molecule has 0 spiro atoms. The fourth-order valence-corrected chi connectivity index (χ4v) is 4.13. The second-order valence-electron chi connectivity index (χ2n) is 7.49. The number of nitrogens with one attached hydrogen (secondary N) is 1. The maximum atomic E-state index is 3.77. The average Bonchev–Trinajstić information content (AvgIpc) is 3.24. The van der Waals surface area contributed by atoms with E-state index in [4.69, 9.17) is 0 Å². The third-order valence-corrected chi connectivity index (χ3v) is 5.93. The second-order valence-corrected chi connectivity index (χ2v) is 7.49. The van der Waals surface area contributed by atoms with E-state index in [0.717, 1.165) is 30.0 Å². The van der Waals surface area contributed by atoms with Gasteiger partial charge in [-0.15, -0.1) is 0 Å². The van der Waals surface area contributed by atoms with Crippen LogP contribution >= 0.6 is 0 Å². The minimum Gasteiger partial charge on any atom is -0.312 e. The highest BCUT2D eigenvalue weighted by Crippen LogP contribution is 2.34. The van der Waals surface area contributed by atoms with Crippen LogP contribution in [0.5, 0.6) is 0 Å². The summed E-state index contributed by atoms with van der Waals surface area (Å²) < 4.78 is 0. The van der Waals surface area contributed by atoms with Gasteiger partial charge < -0.3 is 5.32 Å². The van der Waals surface area contributed by atoms with Gasteiger partial charge in [0, 0.05) is 24.7 Å². The Labute approximate surface area is 119 Å². The van der Waals surface area contributed by atoms with Crippen LogP contribution in [0.2, 0.25) is 0 Å². The van der Waals surface area contributed by atoms with Gasteiger partial charge in [0.15, 0.2) is 0 Å². The molecule has 0 bridgehead atoms. The topological polar surface area (TPSA) is 15.3 Å². The van der Waals surface area contributed by atoms with Gasteiger partial charge in [0.2, 0.25) is 0 Å². The van der Waals surface area contributed by atoms with E-state index in [1.165, 1.54) is 64.5 Å². The van der Waals surface area contributed by atoms with Crippen molar-refractivity contribution in [2.75, 3.05) is 13.1 Å². The first-order valence-electron chi connectivity index (χ1n) is 8.73. The molecule has 110 valence electrons. The predicted molar refractivity (Wildman–Crippen MR) is 81.3 cm³/mol. The van der Waals surface area contributed by atoms with Gasteiger partial charge >= 0.3 is 0 Å². The van der Waals surface area contributed by atoms with Crippen LogP contribution in [0.15, 0.2) is 0 Å². The number of piperidine rings is 1. The highest BCUT2D eigenvalue weighted by molar-refractivity contribution is 4.90. The Bertz CT molecular complexity index is 287. The van der Waals surface area contributed by atoms with Gasteiger partial charge in [0.05, 0.1) is 0 Å². The Morgan fingerprint density at radius 2 is 1.79 bits per heavy atom. The first-order valence-corrected chi connectivity index (χ1v) is 8.73. The standard InChI is InChI=1S/C17H32N2/c1-13-6-9-16(11-14(13)2)19-10-4-3-5-17(19)12-18-15-7-8-15/h13-18H,3-12H2,1-2H3. The fraction of sp³-hybridized carbons (Fsp3) is 1.00. The van der Waals surface area contributed by atoms with Crippen LogP contribution in [0.4, 0.5) is 0 Å². The molecular formula is C17H32N2. The smallest absolute Gasteiger partial charge is 0.0223 e. The number of hydrogen-bond donors (Lipinski definition) is 1. The van der Waals surface area contributed by atoms with Crippen molar-refractivity contribution >= 4 is 0 Å². The van der Waals surface area contributed by atoms with Gasteiger partial charge in [-0.05, 0) is 63.3 Å². The Hall–Kier alpha value is -0.0800. The van der Waals surface area contributed by atoms with Crippen molar-refractivity contribution in [1.82, 2.24) is 10.2 Å². The lowest BCUT2D eigenvalue weighted by atomic mass is 9.77. The Kier molecular flexibility index (Phi) is 4.48.